The maximum Gasteiger partial charge on any atom is 0.349 e. The van der Waals surface area contributed by atoms with Gasteiger partial charge in [-0.2, -0.15) is 5.26 Å². The summed E-state index contributed by atoms with van der Waals surface area (Å²) in [7, 11) is 0. The van der Waals surface area contributed by atoms with Gasteiger partial charge in [-0.1, -0.05) is 12.7 Å². The van der Waals surface area contributed by atoms with Crippen LogP contribution in [0.1, 0.15) is 5.56 Å². The first-order valence-electron chi connectivity index (χ1n) is 5.64. The van der Waals surface area contributed by atoms with Crippen molar-refractivity contribution in [1.82, 2.24) is 0 Å². The molecule has 6 heteroatoms. The molecule has 0 saturated heterocycles. The van der Waals surface area contributed by atoms with E-state index in [0.29, 0.717) is 21.5 Å². The molecule has 0 unspecified atom stereocenters. The van der Waals surface area contributed by atoms with E-state index >= 15 is 0 Å². The summed E-state index contributed by atoms with van der Waals surface area (Å²) in [6.07, 6.45) is 2.86. The Kier molecular flexibility index (Phi) is 4.43. The number of nitrogens with zero attached hydrogens (tertiary/aromatic N) is 1. The van der Waals surface area contributed by atoms with E-state index in [1.54, 1.807) is 12.1 Å². The lowest BCUT2D eigenvalue weighted by Gasteiger charge is -2.03. The second-order valence-electron chi connectivity index (χ2n) is 3.79. The first kappa shape index (κ1) is 14.2. The van der Waals surface area contributed by atoms with Crippen LogP contribution in [0.5, 0.6) is 11.5 Å². The zero-order valence-corrected chi connectivity index (χ0v) is 12.0. The number of carbonyl (C=O) groups is 1. The molecule has 0 atom stereocenters. The van der Waals surface area contributed by atoms with Gasteiger partial charge in [0.05, 0.1) is 4.47 Å². The standard InChI is InChI=1S/C14H10BrNO4/c1-2-3-18-14(17)10(7-16)4-9-5-11(15)13-12(6-9)19-8-20-13/h2,4-6H,1,3,8H2. The maximum atomic E-state index is 11.6. The Bertz CT molecular complexity index is 631. The van der Waals surface area contributed by atoms with Gasteiger partial charge in [-0.15, -0.1) is 0 Å². The first-order valence-corrected chi connectivity index (χ1v) is 6.44. The fraction of sp³-hybridized carbons (Fsp3) is 0.143. The second kappa shape index (κ2) is 6.26. The van der Waals surface area contributed by atoms with Gasteiger partial charge in [0.15, 0.2) is 11.5 Å². The topological polar surface area (TPSA) is 68.6 Å². The lowest BCUT2D eigenvalue weighted by molar-refractivity contribution is -0.137. The van der Waals surface area contributed by atoms with E-state index in [9.17, 15) is 4.79 Å². The summed E-state index contributed by atoms with van der Waals surface area (Å²) in [5.74, 6) is 0.471. The van der Waals surface area contributed by atoms with Gasteiger partial charge in [0.25, 0.3) is 0 Å². The van der Waals surface area contributed by atoms with Crippen LogP contribution in [0, 0.1) is 11.3 Å². The second-order valence-corrected chi connectivity index (χ2v) is 4.65. The molecule has 0 fully saturated rings. The van der Waals surface area contributed by atoms with Crippen LogP contribution in [0.2, 0.25) is 0 Å². The van der Waals surface area contributed by atoms with Crippen LogP contribution in [0.3, 0.4) is 0 Å². The number of esters is 1. The van der Waals surface area contributed by atoms with Crippen molar-refractivity contribution in [3.8, 4) is 17.6 Å². The molecule has 0 bridgehead atoms. The van der Waals surface area contributed by atoms with Gasteiger partial charge >= 0.3 is 5.97 Å². The molecular formula is C14H10BrNO4. The molecule has 0 amide bonds. The van der Waals surface area contributed by atoms with Crippen LogP contribution in [0.15, 0.2) is 34.8 Å². The molecule has 102 valence electrons. The zero-order valence-electron chi connectivity index (χ0n) is 10.4. The number of benzene rings is 1. The highest BCUT2D eigenvalue weighted by molar-refractivity contribution is 9.10. The summed E-state index contributed by atoms with van der Waals surface area (Å²) in [6.45, 7) is 3.64. The van der Waals surface area contributed by atoms with Gasteiger partial charge in [0.2, 0.25) is 6.79 Å². The van der Waals surface area contributed by atoms with Crippen LogP contribution >= 0.6 is 15.9 Å². The molecule has 0 saturated carbocycles. The maximum absolute atomic E-state index is 11.6. The van der Waals surface area contributed by atoms with E-state index < -0.39 is 5.97 Å². The third-order valence-electron chi connectivity index (χ3n) is 2.43. The van der Waals surface area contributed by atoms with Gasteiger partial charge in [-0.05, 0) is 39.7 Å². The van der Waals surface area contributed by atoms with Crippen molar-refractivity contribution in [2.45, 2.75) is 0 Å². The highest BCUT2D eigenvalue weighted by Crippen LogP contribution is 2.40. The van der Waals surface area contributed by atoms with Crippen LogP contribution in [0.4, 0.5) is 0 Å². The smallest absolute Gasteiger partial charge is 0.349 e. The zero-order chi connectivity index (χ0) is 14.5. The summed E-state index contributed by atoms with van der Waals surface area (Å²) in [6, 6.07) is 5.22. The molecule has 0 aliphatic carbocycles. The summed E-state index contributed by atoms with van der Waals surface area (Å²) >= 11 is 3.34. The number of fused-ring (bicyclic) bond motifs is 1. The molecule has 0 radical (unpaired) electrons. The molecule has 1 aliphatic rings. The van der Waals surface area contributed by atoms with Gasteiger partial charge in [-0.3, -0.25) is 0 Å². The van der Waals surface area contributed by atoms with Crippen molar-refractivity contribution in [1.29, 1.82) is 5.26 Å². The fourth-order valence-electron chi connectivity index (χ4n) is 1.59. The lowest BCUT2D eigenvalue weighted by Crippen LogP contribution is -2.06. The van der Waals surface area contributed by atoms with E-state index in [2.05, 4.69) is 22.5 Å². The van der Waals surface area contributed by atoms with E-state index in [-0.39, 0.29) is 19.0 Å². The fourth-order valence-corrected chi connectivity index (χ4v) is 2.16. The molecule has 0 N–H and O–H groups in total. The quantitative estimate of drug-likeness (QED) is 0.366. The number of halogens is 1. The molecule has 5 nitrogen and oxygen atoms in total. The van der Waals surface area contributed by atoms with E-state index in [4.69, 9.17) is 19.5 Å². The predicted molar refractivity (Wildman–Crippen MR) is 75.0 cm³/mol. The minimum absolute atomic E-state index is 0.0582. The minimum Gasteiger partial charge on any atom is -0.457 e. The number of hydrogen-bond acceptors (Lipinski definition) is 5. The van der Waals surface area contributed by atoms with Gasteiger partial charge in [0, 0.05) is 0 Å². The molecular weight excluding hydrogens is 326 g/mol. The van der Waals surface area contributed by atoms with Crippen molar-refractivity contribution in [3.63, 3.8) is 0 Å². The van der Waals surface area contributed by atoms with Crippen molar-refractivity contribution in [2.75, 3.05) is 13.4 Å². The highest BCUT2D eigenvalue weighted by Gasteiger charge is 2.18. The van der Waals surface area contributed by atoms with Crippen LogP contribution in [-0.2, 0) is 9.53 Å². The monoisotopic (exact) mass is 335 g/mol. The summed E-state index contributed by atoms with van der Waals surface area (Å²) in [5, 5.41) is 9.01. The van der Waals surface area contributed by atoms with E-state index in [0.717, 1.165) is 0 Å². The number of hydrogen-bond donors (Lipinski definition) is 0. The third-order valence-corrected chi connectivity index (χ3v) is 3.02. The summed E-state index contributed by atoms with van der Waals surface area (Å²) in [4.78, 5) is 11.6. The molecule has 0 spiro atoms. The normalized spacial score (nSPS) is 12.7. The van der Waals surface area contributed by atoms with Crippen LogP contribution in [0.25, 0.3) is 6.08 Å². The van der Waals surface area contributed by atoms with Crippen molar-refractivity contribution < 1.29 is 19.0 Å². The average molecular weight is 336 g/mol. The Labute approximate surface area is 124 Å². The molecule has 20 heavy (non-hydrogen) atoms. The first-order chi connectivity index (χ1) is 9.65. The Hall–Kier alpha value is -2.26. The Balaban J connectivity index is 2.29. The molecule has 0 aromatic heterocycles. The average Bonchev–Trinajstić information content (AvgIpc) is 2.91. The third kappa shape index (κ3) is 3.00. The summed E-state index contributed by atoms with van der Waals surface area (Å²) in [5.41, 5.74) is 0.533. The summed E-state index contributed by atoms with van der Waals surface area (Å²) < 4.78 is 16.0. The van der Waals surface area contributed by atoms with E-state index in [1.165, 1.54) is 12.2 Å². The van der Waals surface area contributed by atoms with Crippen LogP contribution < -0.4 is 9.47 Å². The van der Waals surface area contributed by atoms with Crippen molar-refractivity contribution in [2.24, 2.45) is 0 Å². The molecule has 2 rings (SSSR count). The molecule has 1 aromatic carbocycles. The highest BCUT2D eigenvalue weighted by atomic mass is 79.9. The molecule has 1 aromatic rings. The SMILES string of the molecule is C=CCOC(=O)C(C#N)=Cc1cc(Br)c2c(c1)OCO2. The number of rotatable bonds is 4. The molecule has 1 heterocycles. The van der Waals surface area contributed by atoms with Crippen LogP contribution in [-0.4, -0.2) is 19.4 Å². The number of nitriles is 1. The Morgan fingerprint density at radius 2 is 2.35 bits per heavy atom. The Morgan fingerprint density at radius 3 is 3.05 bits per heavy atom. The van der Waals surface area contributed by atoms with Gasteiger partial charge in [-0.25, -0.2) is 4.79 Å². The van der Waals surface area contributed by atoms with Gasteiger partial charge in [0.1, 0.15) is 18.2 Å². The van der Waals surface area contributed by atoms with Crippen molar-refractivity contribution >= 4 is 28.0 Å². The largest absolute Gasteiger partial charge is 0.457 e. The lowest BCUT2D eigenvalue weighted by atomic mass is 10.1. The number of ether oxygens (including phenoxy) is 3. The minimum atomic E-state index is -0.693. The Morgan fingerprint density at radius 1 is 1.55 bits per heavy atom. The molecule has 1 aliphatic heterocycles. The van der Waals surface area contributed by atoms with Gasteiger partial charge < -0.3 is 14.2 Å². The van der Waals surface area contributed by atoms with E-state index in [1.807, 2.05) is 6.07 Å². The van der Waals surface area contributed by atoms with Crippen molar-refractivity contribution in [3.05, 3.63) is 40.4 Å². The number of carbonyl (C=O) groups excluding carboxylic acids is 1. The predicted octanol–water partition coefficient (Wildman–Crippen LogP) is 2.81.